The van der Waals surface area contributed by atoms with Gasteiger partial charge in [-0.25, -0.2) is 4.79 Å². The third-order valence-electron chi connectivity index (χ3n) is 2.86. The zero-order valence-electron chi connectivity index (χ0n) is 11.1. The number of carbonyl (C=O) groups excluding carboxylic acids is 1. The monoisotopic (exact) mass is 266 g/mol. The Hall–Kier alpha value is -1.95. The normalized spacial score (nSPS) is 17.9. The van der Waals surface area contributed by atoms with Crippen molar-refractivity contribution in [3.63, 3.8) is 0 Å². The molecule has 0 bridgehead atoms. The first-order valence-corrected chi connectivity index (χ1v) is 6.14. The molecule has 104 valence electrons. The number of anilines is 1. The quantitative estimate of drug-likeness (QED) is 0.874. The highest BCUT2D eigenvalue weighted by molar-refractivity contribution is 5.89. The number of carbonyl (C=O) groups is 1. The zero-order chi connectivity index (χ0) is 13.7. The van der Waals surface area contributed by atoms with Crippen molar-refractivity contribution in [2.75, 3.05) is 26.1 Å². The van der Waals surface area contributed by atoms with Crippen molar-refractivity contribution in [1.29, 1.82) is 0 Å². The molecule has 2 amide bonds. The van der Waals surface area contributed by atoms with Gasteiger partial charge in [0, 0.05) is 18.4 Å². The van der Waals surface area contributed by atoms with E-state index in [1.54, 1.807) is 32.4 Å². The SMILES string of the molecule is COc1ccc(NC(=O)NC2CCCO2)cc1OC. The second kappa shape index (κ2) is 6.29. The first-order valence-electron chi connectivity index (χ1n) is 6.14. The summed E-state index contributed by atoms with van der Waals surface area (Å²) in [6, 6.07) is 4.89. The molecule has 1 saturated heterocycles. The van der Waals surface area contributed by atoms with Gasteiger partial charge in [0.1, 0.15) is 6.23 Å². The molecule has 0 saturated carbocycles. The molecule has 1 unspecified atom stereocenters. The van der Waals surface area contributed by atoms with E-state index in [1.165, 1.54) is 0 Å². The minimum atomic E-state index is -0.292. The van der Waals surface area contributed by atoms with Crippen molar-refractivity contribution >= 4 is 11.7 Å². The molecule has 19 heavy (non-hydrogen) atoms. The smallest absolute Gasteiger partial charge is 0.321 e. The van der Waals surface area contributed by atoms with Crippen LogP contribution in [0.2, 0.25) is 0 Å². The summed E-state index contributed by atoms with van der Waals surface area (Å²) in [5.41, 5.74) is 0.633. The van der Waals surface area contributed by atoms with Crippen LogP contribution in [-0.2, 0) is 4.74 Å². The Morgan fingerprint density at radius 1 is 1.32 bits per heavy atom. The highest BCUT2D eigenvalue weighted by Crippen LogP contribution is 2.29. The van der Waals surface area contributed by atoms with E-state index < -0.39 is 0 Å². The van der Waals surface area contributed by atoms with Gasteiger partial charge in [0.05, 0.1) is 14.2 Å². The van der Waals surface area contributed by atoms with Gasteiger partial charge in [0.2, 0.25) is 0 Å². The molecule has 1 aromatic carbocycles. The molecular weight excluding hydrogens is 248 g/mol. The minimum Gasteiger partial charge on any atom is -0.493 e. The summed E-state index contributed by atoms with van der Waals surface area (Å²) in [5, 5.41) is 5.48. The van der Waals surface area contributed by atoms with Crippen LogP contribution < -0.4 is 20.1 Å². The average Bonchev–Trinajstić information content (AvgIpc) is 2.91. The highest BCUT2D eigenvalue weighted by atomic mass is 16.5. The molecule has 0 aromatic heterocycles. The molecule has 1 fully saturated rings. The van der Waals surface area contributed by atoms with Crippen molar-refractivity contribution in [2.24, 2.45) is 0 Å². The fraction of sp³-hybridized carbons (Fsp3) is 0.462. The van der Waals surface area contributed by atoms with Gasteiger partial charge < -0.3 is 24.8 Å². The van der Waals surface area contributed by atoms with Crippen LogP contribution in [0.1, 0.15) is 12.8 Å². The molecule has 2 N–H and O–H groups in total. The number of amides is 2. The third-order valence-corrected chi connectivity index (χ3v) is 2.86. The predicted octanol–water partition coefficient (Wildman–Crippen LogP) is 1.96. The Morgan fingerprint density at radius 2 is 2.11 bits per heavy atom. The zero-order valence-corrected chi connectivity index (χ0v) is 11.1. The van der Waals surface area contributed by atoms with Crippen molar-refractivity contribution in [3.05, 3.63) is 18.2 Å². The summed E-state index contributed by atoms with van der Waals surface area (Å²) in [4.78, 5) is 11.7. The van der Waals surface area contributed by atoms with E-state index in [1.807, 2.05) is 0 Å². The standard InChI is InChI=1S/C13H18N2O4/c1-17-10-6-5-9(8-11(10)18-2)14-13(16)15-12-4-3-7-19-12/h5-6,8,12H,3-4,7H2,1-2H3,(H2,14,15,16). The van der Waals surface area contributed by atoms with Gasteiger partial charge in [0.15, 0.2) is 11.5 Å². The lowest BCUT2D eigenvalue weighted by atomic mass is 10.2. The topological polar surface area (TPSA) is 68.8 Å². The summed E-state index contributed by atoms with van der Waals surface area (Å²) in [6.07, 6.45) is 1.63. The predicted molar refractivity (Wildman–Crippen MR) is 70.7 cm³/mol. The molecule has 1 aliphatic heterocycles. The van der Waals surface area contributed by atoms with Gasteiger partial charge >= 0.3 is 6.03 Å². The van der Waals surface area contributed by atoms with Crippen LogP contribution in [0.25, 0.3) is 0 Å². The maximum atomic E-state index is 11.7. The fourth-order valence-electron chi connectivity index (χ4n) is 1.92. The molecule has 0 aliphatic carbocycles. The van der Waals surface area contributed by atoms with Crippen LogP contribution in [-0.4, -0.2) is 33.1 Å². The summed E-state index contributed by atoms with van der Waals surface area (Å²) in [6.45, 7) is 0.696. The molecule has 1 heterocycles. The molecule has 6 nitrogen and oxygen atoms in total. The minimum absolute atomic E-state index is 0.194. The number of ether oxygens (including phenoxy) is 3. The Kier molecular flexibility index (Phi) is 4.46. The molecule has 0 spiro atoms. The van der Waals surface area contributed by atoms with Crippen molar-refractivity contribution in [2.45, 2.75) is 19.1 Å². The number of methoxy groups -OCH3 is 2. The van der Waals surface area contributed by atoms with Gasteiger partial charge in [-0.05, 0) is 25.0 Å². The van der Waals surface area contributed by atoms with Crippen molar-refractivity contribution < 1.29 is 19.0 Å². The molecule has 0 radical (unpaired) electrons. The lowest BCUT2D eigenvalue weighted by Crippen LogP contribution is -2.37. The summed E-state index contributed by atoms with van der Waals surface area (Å²) < 4.78 is 15.6. The number of nitrogens with one attached hydrogen (secondary N) is 2. The third kappa shape index (κ3) is 3.51. The lowest BCUT2D eigenvalue weighted by Gasteiger charge is -2.14. The second-order valence-electron chi connectivity index (χ2n) is 4.17. The van der Waals surface area contributed by atoms with Gasteiger partial charge in [-0.1, -0.05) is 0 Å². The second-order valence-corrected chi connectivity index (χ2v) is 4.17. The summed E-state index contributed by atoms with van der Waals surface area (Å²) >= 11 is 0. The fourth-order valence-corrected chi connectivity index (χ4v) is 1.92. The van der Waals surface area contributed by atoms with Gasteiger partial charge in [-0.15, -0.1) is 0 Å². The van der Waals surface area contributed by atoms with Gasteiger partial charge in [-0.3, -0.25) is 0 Å². The highest BCUT2D eigenvalue weighted by Gasteiger charge is 2.17. The number of benzene rings is 1. The molecule has 1 atom stereocenters. The van der Waals surface area contributed by atoms with E-state index in [0.717, 1.165) is 12.8 Å². The molecule has 1 aromatic rings. The van der Waals surface area contributed by atoms with Crippen LogP contribution in [0.3, 0.4) is 0 Å². The van der Waals surface area contributed by atoms with Crippen LogP contribution in [0.5, 0.6) is 11.5 Å². The van der Waals surface area contributed by atoms with E-state index in [4.69, 9.17) is 14.2 Å². The molecule has 2 rings (SSSR count). The summed E-state index contributed by atoms with van der Waals surface area (Å²) in [5.74, 6) is 1.19. The maximum absolute atomic E-state index is 11.7. The maximum Gasteiger partial charge on any atom is 0.321 e. The molecule has 6 heteroatoms. The van der Waals surface area contributed by atoms with Gasteiger partial charge in [0.25, 0.3) is 0 Å². The molecular formula is C13H18N2O4. The van der Waals surface area contributed by atoms with E-state index >= 15 is 0 Å². The Labute approximate surface area is 112 Å². The Balaban J connectivity index is 1.96. The largest absolute Gasteiger partial charge is 0.493 e. The Morgan fingerprint density at radius 3 is 2.74 bits per heavy atom. The van der Waals surface area contributed by atoms with Crippen LogP contribution in [0.4, 0.5) is 10.5 Å². The van der Waals surface area contributed by atoms with E-state index in [0.29, 0.717) is 23.8 Å². The van der Waals surface area contributed by atoms with Crippen molar-refractivity contribution in [3.8, 4) is 11.5 Å². The lowest BCUT2D eigenvalue weighted by molar-refractivity contribution is 0.0928. The van der Waals surface area contributed by atoms with E-state index in [2.05, 4.69) is 10.6 Å². The van der Waals surface area contributed by atoms with Crippen LogP contribution in [0.15, 0.2) is 18.2 Å². The first kappa shape index (κ1) is 13.5. The van der Waals surface area contributed by atoms with E-state index in [-0.39, 0.29) is 12.3 Å². The van der Waals surface area contributed by atoms with Crippen LogP contribution in [0, 0.1) is 0 Å². The number of hydrogen-bond donors (Lipinski definition) is 2. The van der Waals surface area contributed by atoms with Crippen LogP contribution >= 0.6 is 0 Å². The molecule has 1 aliphatic rings. The Bertz CT molecular complexity index is 444. The van der Waals surface area contributed by atoms with Gasteiger partial charge in [-0.2, -0.15) is 0 Å². The average molecular weight is 266 g/mol. The van der Waals surface area contributed by atoms with Crippen molar-refractivity contribution in [1.82, 2.24) is 5.32 Å². The number of urea groups is 1. The number of hydrogen-bond acceptors (Lipinski definition) is 4. The number of rotatable bonds is 4. The van der Waals surface area contributed by atoms with E-state index in [9.17, 15) is 4.79 Å². The first-order chi connectivity index (χ1) is 9.22. The summed E-state index contributed by atoms with van der Waals surface area (Å²) in [7, 11) is 3.11.